The van der Waals surface area contributed by atoms with E-state index in [4.69, 9.17) is 23.2 Å². The Morgan fingerprint density at radius 2 is 1.49 bits per heavy atom. The molecule has 208 valence electrons. The molecule has 0 unspecified atom stereocenters. The molecule has 0 fully saturated rings. The number of carbonyl (C=O) groups excluding carboxylic acids is 2. The average molecular weight is 655 g/mol. The number of hydrogen-bond acceptors (Lipinski definition) is 4. The fourth-order valence-corrected chi connectivity index (χ4v) is 5.96. The number of halogens is 3. The van der Waals surface area contributed by atoms with Gasteiger partial charge in [0.1, 0.15) is 12.6 Å². The Kier molecular flexibility index (Phi) is 10.8. The maximum atomic E-state index is 13.9. The maximum absolute atomic E-state index is 13.9. The van der Waals surface area contributed by atoms with E-state index in [1.54, 1.807) is 67.6 Å². The predicted molar refractivity (Wildman–Crippen MR) is 159 cm³/mol. The van der Waals surface area contributed by atoms with Crippen molar-refractivity contribution in [3.8, 4) is 0 Å². The lowest BCUT2D eigenvalue weighted by Gasteiger charge is -2.32. The van der Waals surface area contributed by atoms with Crippen LogP contribution in [-0.4, -0.2) is 44.3 Å². The normalized spacial score (nSPS) is 12.2. The molecule has 0 saturated carbocycles. The van der Waals surface area contributed by atoms with Crippen LogP contribution in [-0.2, 0) is 26.2 Å². The molecule has 0 aliphatic rings. The highest BCUT2D eigenvalue weighted by molar-refractivity contribution is 9.10. The zero-order valence-corrected chi connectivity index (χ0v) is 25.7. The van der Waals surface area contributed by atoms with Gasteiger partial charge in [-0.05, 0) is 61.4 Å². The van der Waals surface area contributed by atoms with Crippen LogP contribution in [0.25, 0.3) is 0 Å². The Bertz CT molecular complexity index is 1380. The number of sulfonamides is 1. The van der Waals surface area contributed by atoms with Crippen LogP contribution in [0.5, 0.6) is 0 Å². The van der Waals surface area contributed by atoms with E-state index in [0.29, 0.717) is 27.8 Å². The number of anilines is 1. The SMILES string of the molecule is CC(C)CNC(=O)[C@@H](C)N(Cc1c(Cl)cccc1Cl)C(=O)CN(c1ccc(Br)cc1)S(=O)(=O)c1ccccc1. The van der Waals surface area contributed by atoms with Gasteiger partial charge in [0.05, 0.1) is 10.6 Å². The highest BCUT2D eigenvalue weighted by atomic mass is 79.9. The molecule has 0 aliphatic heterocycles. The Morgan fingerprint density at radius 3 is 2.05 bits per heavy atom. The third kappa shape index (κ3) is 7.97. The summed E-state index contributed by atoms with van der Waals surface area (Å²) in [4.78, 5) is 28.3. The highest BCUT2D eigenvalue weighted by Crippen LogP contribution is 2.29. The van der Waals surface area contributed by atoms with Crippen LogP contribution in [0.15, 0.2) is 82.2 Å². The molecule has 1 atom stereocenters. The number of nitrogens with one attached hydrogen (secondary N) is 1. The standard InChI is InChI=1S/C28H30BrCl2N3O4S/c1-19(2)16-32-28(36)20(3)33(17-24-25(30)10-7-11-26(24)31)27(35)18-34(22-14-12-21(29)13-15-22)39(37,38)23-8-5-4-6-9-23/h4-15,19-20H,16-18H2,1-3H3,(H,32,36)/t20-/m1/s1. The monoisotopic (exact) mass is 653 g/mol. The van der Waals surface area contributed by atoms with Crippen molar-refractivity contribution in [3.05, 3.63) is 92.9 Å². The molecule has 0 saturated heterocycles. The van der Waals surface area contributed by atoms with Gasteiger partial charge < -0.3 is 10.2 Å². The van der Waals surface area contributed by atoms with Gasteiger partial charge in [-0.1, -0.05) is 77.2 Å². The summed E-state index contributed by atoms with van der Waals surface area (Å²) in [5.74, 6) is -0.769. The highest BCUT2D eigenvalue weighted by Gasteiger charge is 2.33. The first-order valence-electron chi connectivity index (χ1n) is 12.2. The molecule has 3 aromatic carbocycles. The Hall–Kier alpha value is -2.59. The van der Waals surface area contributed by atoms with Gasteiger partial charge in [-0.25, -0.2) is 8.42 Å². The molecule has 1 N–H and O–H groups in total. The zero-order chi connectivity index (χ0) is 28.7. The van der Waals surface area contributed by atoms with Crippen molar-refractivity contribution in [2.75, 3.05) is 17.4 Å². The molecule has 11 heteroatoms. The number of benzene rings is 3. The van der Waals surface area contributed by atoms with E-state index >= 15 is 0 Å². The van der Waals surface area contributed by atoms with Crippen LogP contribution in [0, 0.1) is 5.92 Å². The van der Waals surface area contributed by atoms with Crippen molar-refractivity contribution in [1.29, 1.82) is 0 Å². The third-order valence-corrected chi connectivity index (χ3v) is 8.99. The molecule has 2 amide bonds. The first-order chi connectivity index (χ1) is 18.4. The fraction of sp³-hybridized carbons (Fsp3) is 0.286. The van der Waals surface area contributed by atoms with E-state index in [2.05, 4.69) is 21.2 Å². The topological polar surface area (TPSA) is 86.8 Å². The lowest BCUT2D eigenvalue weighted by atomic mass is 10.1. The van der Waals surface area contributed by atoms with Crippen molar-refractivity contribution in [1.82, 2.24) is 10.2 Å². The Labute approximate surface area is 248 Å². The van der Waals surface area contributed by atoms with E-state index in [1.165, 1.54) is 17.0 Å². The van der Waals surface area contributed by atoms with Crippen LogP contribution in [0.1, 0.15) is 26.3 Å². The van der Waals surface area contributed by atoms with Crippen LogP contribution in [0.4, 0.5) is 5.69 Å². The summed E-state index contributed by atoms with van der Waals surface area (Å²) in [6.45, 7) is 5.29. The first kappa shape index (κ1) is 30.9. The summed E-state index contributed by atoms with van der Waals surface area (Å²) < 4.78 is 29.3. The second kappa shape index (κ2) is 13.7. The summed E-state index contributed by atoms with van der Waals surface area (Å²) in [7, 11) is -4.13. The molecule has 7 nitrogen and oxygen atoms in total. The van der Waals surface area contributed by atoms with E-state index in [-0.39, 0.29) is 23.3 Å². The smallest absolute Gasteiger partial charge is 0.264 e. The molecule has 0 aliphatic carbocycles. The lowest BCUT2D eigenvalue weighted by Crippen LogP contribution is -2.51. The van der Waals surface area contributed by atoms with Gasteiger partial charge in [-0.15, -0.1) is 0 Å². The molecule has 0 spiro atoms. The summed E-state index contributed by atoms with van der Waals surface area (Å²) in [6.07, 6.45) is 0. The Balaban J connectivity index is 2.03. The lowest BCUT2D eigenvalue weighted by molar-refractivity contribution is -0.139. The Morgan fingerprint density at radius 1 is 0.897 bits per heavy atom. The first-order valence-corrected chi connectivity index (χ1v) is 15.2. The van der Waals surface area contributed by atoms with Crippen molar-refractivity contribution < 1.29 is 18.0 Å². The number of hydrogen-bond donors (Lipinski definition) is 1. The summed E-state index contributed by atoms with van der Waals surface area (Å²) in [5.41, 5.74) is 0.752. The number of amides is 2. The van der Waals surface area contributed by atoms with Gasteiger partial charge in [0.2, 0.25) is 11.8 Å². The molecule has 0 heterocycles. The molecule has 3 rings (SSSR count). The minimum atomic E-state index is -4.13. The van der Waals surface area contributed by atoms with Crippen molar-refractivity contribution in [3.63, 3.8) is 0 Å². The molecule has 39 heavy (non-hydrogen) atoms. The van der Waals surface area contributed by atoms with Gasteiger partial charge in [0.15, 0.2) is 0 Å². The van der Waals surface area contributed by atoms with Crippen LogP contribution < -0.4 is 9.62 Å². The molecular formula is C28H30BrCl2N3O4S. The maximum Gasteiger partial charge on any atom is 0.264 e. The number of nitrogens with zero attached hydrogens (tertiary/aromatic N) is 2. The second-order valence-electron chi connectivity index (χ2n) is 9.34. The molecule has 3 aromatic rings. The second-order valence-corrected chi connectivity index (χ2v) is 12.9. The number of carbonyl (C=O) groups is 2. The van der Waals surface area contributed by atoms with Gasteiger partial charge in [0.25, 0.3) is 10.0 Å². The molecule has 0 bridgehead atoms. The van der Waals surface area contributed by atoms with Crippen LogP contribution in [0.2, 0.25) is 10.0 Å². The van der Waals surface area contributed by atoms with E-state index in [0.717, 1.165) is 8.78 Å². The van der Waals surface area contributed by atoms with Gasteiger partial charge in [0, 0.05) is 33.2 Å². The van der Waals surface area contributed by atoms with Crippen molar-refractivity contribution in [2.24, 2.45) is 5.92 Å². The largest absolute Gasteiger partial charge is 0.354 e. The predicted octanol–water partition coefficient (Wildman–Crippen LogP) is 6.14. The fourth-order valence-electron chi connectivity index (χ4n) is 3.74. The van der Waals surface area contributed by atoms with E-state index in [1.807, 2.05) is 13.8 Å². The zero-order valence-electron chi connectivity index (χ0n) is 21.8. The molecule has 0 radical (unpaired) electrons. The van der Waals surface area contributed by atoms with Crippen molar-refractivity contribution >= 4 is 66.7 Å². The van der Waals surface area contributed by atoms with Gasteiger partial charge in [-0.2, -0.15) is 0 Å². The minimum Gasteiger partial charge on any atom is -0.354 e. The summed E-state index contributed by atoms with van der Waals surface area (Å²) in [6, 6.07) is 18.5. The molecule has 0 aromatic heterocycles. The number of rotatable bonds is 11. The minimum absolute atomic E-state index is 0.0316. The van der Waals surface area contributed by atoms with E-state index < -0.39 is 28.5 Å². The molecular weight excluding hydrogens is 625 g/mol. The van der Waals surface area contributed by atoms with Gasteiger partial charge >= 0.3 is 0 Å². The van der Waals surface area contributed by atoms with Crippen LogP contribution >= 0.6 is 39.1 Å². The summed E-state index contributed by atoms with van der Waals surface area (Å²) >= 11 is 16.2. The van der Waals surface area contributed by atoms with Gasteiger partial charge in [-0.3, -0.25) is 13.9 Å². The van der Waals surface area contributed by atoms with E-state index in [9.17, 15) is 18.0 Å². The van der Waals surface area contributed by atoms with Crippen LogP contribution in [0.3, 0.4) is 0 Å². The third-order valence-electron chi connectivity index (χ3n) is 5.97. The average Bonchev–Trinajstić information content (AvgIpc) is 2.90. The summed E-state index contributed by atoms with van der Waals surface area (Å²) in [5, 5.41) is 3.50. The quantitative estimate of drug-likeness (QED) is 0.269. The van der Waals surface area contributed by atoms with Crippen molar-refractivity contribution in [2.45, 2.75) is 38.3 Å².